The van der Waals surface area contributed by atoms with E-state index in [2.05, 4.69) is 22.3 Å². The van der Waals surface area contributed by atoms with Gasteiger partial charge in [-0.2, -0.15) is 0 Å². The highest BCUT2D eigenvalue weighted by molar-refractivity contribution is 5.96. The van der Waals surface area contributed by atoms with E-state index in [0.29, 0.717) is 17.9 Å². The highest BCUT2D eigenvalue weighted by atomic mass is 16.5. The highest BCUT2D eigenvalue weighted by Gasteiger charge is 2.31. The van der Waals surface area contributed by atoms with Crippen molar-refractivity contribution in [3.63, 3.8) is 0 Å². The number of anilines is 2. The van der Waals surface area contributed by atoms with E-state index in [1.54, 1.807) is 19.1 Å². The van der Waals surface area contributed by atoms with E-state index < -0.39 is 0 Å². The van der Waals surface area contributed by atoms with Crippen LogP contribution >= 0.6 is 0 Å². The molecule has 0 aromatic heterocycles. The van der Waals surface area contributed by atoms with Crippen LogP contribution in [0.1, 0.15) is 35.6 Å². The number of hydrogen-bond acceptors (Lipinski definition) is 5. The number of methoxy groups -OCH3 is 2. The first kappa shape index (κ1) is 23.9. The number of hydrogen-bond donors (Lipinski definition) is 1. The molecule has 7 nitrogen and oxygen atoms in total. The molecule has 2 aliphatic rings. The van der Waals surface area contributed by atoms with Crippen LogP contribution in [0.25, 0.3) is 0 Å². The summed E-state index contributed by atoms with van der Waals surface area (Å²) in [7, 11) is 3.29. The summed E-state index contributed by atoms with van der Waals surface area (Å²) in [6.07, 6.45) is 2.29. The van der Waals surface area contributed by atoms with Crippen LogP contribution < -0.4 is 19.7 Å². The number of ether oxygens (including phenoxy) is 2. The van der Waals surface area contributed by atoms with Gasteiger partial charge >= 0.3 is 0 Å². The van der Waals surface area contributed by atoms with E-state index in [9.17, 15) is 9.59 Å². The molecule has 1 atom stereocenters. The second-order valence-electron chi connectivity index (χ2n) is 9.18. The molecule has 0 saturated carbocycles. The van der Waals surface area contributed by atoms with Crippen molar-refractivity contribution >= 4 is 23.2 Å². The molecule has 0 unspecified atom stereocenters. The fourth-order valence-electron chi connectivity index (χ4n) is 5.22. The Morgan fingerprint density at radius 1 is 0.944 bits per heavy atom. The van der Waals surface area contributed by atoms with Crippen LogP contribution in [0.5, 0.6) is 11.5 Å². The monoisotopic (exact) mass is 485 g/mol. The molecule has 0 spiro atoms. The molecule has 0 bridgehead atoms. The summed E-state index contributed by atoms with van der Waals surface area (Å²) < 4.78 is 11.1. The Hall–Kier alpha value is -3.84. The van der Waals surface area contributed by atoms with Crippen LogP contribution in [0.15, 0.2) is 66.7 Å². The van der Waals surface area contributed by atoms with Gasteiger partial charge in [0, 0.05) is 30.9 Å². The summed E-state index contributed by atoms with van der Waals surface area (Å²) in [5.74, 6) is 1.47. The smallest absolute Gasteiger partial charge is 0.238 e. The first-order chi connectivity index (χ1) is 17.6. The SMILES string of the molecule is COc1cc2c(cc1OC)[C@@H](c1ccccc1)N(CC(=O)Nc1ccc(N3CCCC3=O)cc1)CC2. The van der Waals surface area contributed by atoms with Gasteiger partial charge < -0.3 is 19.7 Å². The Kier molecular flexibility index (Phi) is 6.91. The lowest BCUT2D eigenvalue weighted by molar-refractivity contribution is -0.118. The molecule has 2 aliphatic heterocycles. The average Bonchev–Trinajstić information content (AvgIpc) is 3.34. The normalized spacial score (nSPS) is 17.6. The zero-order valence-electron chi connectivity index (χ0n) is 20.7. The second kappa shape index (κ2) is 10.4. The van der Waals surface area contributed by atoms with Gasteiger partial charge in [0.05, 0.1) is 26.8 Å². The van der Waals surface area contributed by atoms with E-state index in [4.69, 9.17) is 9.47 Å². The molecular weight excluding hydrogens is 454 g/mol. The molecule has 186 valence electrons. The maximum absolute atomic E-state index is 13.1. The van der Waals surface area contributed by atoms with Gasteiger partial charge in [-0.3, -0.25) is 14.5 Å². The van der Waals surface area contributed by atoms with Crippen LogP contribution in [0.3, 0.4) is 0 Å². The van der Waals surface area contributed by atoms with Gasteiger partial charge in [-0.15, -0.1) is 0 Å². The Bertz CT molecular complexity index is 1240. The van der Waals surface area contributed by atoms with Crippen molar-refractivity contribution in [2.45, 2.75) is 25.3 Å². The van der Waals surface area contributed by atoms with Crippen molar-refractivity contribution in [1.29, 1.82) is 0 Å². The Labute approximate surface area is 211 Å². The fraction of sp³-hybridized carbons (Fsp3) is 0.310. The molecule has 3 aromatic rings. The third-order valence-electron chi connectivity index (χ3n) is 6.97. The third kappa shape index (κ3) is 4.79. The fourth-order valence-corrected chi connectivity index (χ4v) is 5.22. The molecular formula is C29H31N3O4. The van der Waals surface area contributed by atoms with Crippen LogP contribution in [-0.2, 0) is 16.0 Å². The molecule has 2 amide bonds. The van der Waals surface area contributed by atoms with Crippen LogP contribution in [0.4, 0.5) is 11.4 Å². The van der Waals surface area contributed by atoms with Crippen LogP contribution in [0, 0.1) is 0 Å². The standard InChI is InChI=1S/C29H31N3O4/c1-35-25-17-21-14-16-31(29(20-7-4-3-5-8-20)24(21)18-26(25)36-2)19-27(33)30-22-10-12-23(13-11-22)32-15-6-9-28(32)34/h3-5,7-8,10-13,17-18,29H,6,9,14-16,19H2,1-2H3,(H,30,33)/t29-/m1/s1. The van der Waals surface area contributed by atoms with Crippen molar-refractivity contribution in [2.75, 3.05) is 44.1 Å². The zero-order chi connectivity index (χ0) is 25.1. The summed E-state index contributed by atoms with van der Waals surface area (Å²) >= 11 is 0. The molecule has 1 saturated heterocycles. The minimum absolute atomic E-state index is 0.0788. The molecule has 5 rings (SSSR count). The molecule has 1 fully saturated rings. The van der Waals surface area contributed by atoms with Gasteiger partial charge in [0.2, 0.25) is 11.8 Å². The van der Waals surface area contributed by atoms with E-state index in [-0.39, 0.29) is 24.4 Å². The topological polar surface area (TPSA) is 71.1 Å². The Morgan fingerprint density at radius 3 is 2.33 bits per heavy atom. The van der Waals surface area contributed by atoms with E-state index in [1.165, 1.54) is 5.56 Å². The number of nitrogens with zero attached hydrogens (tertiary/aromatic N) is 2. The molecule has 0 aliphatic carbocycles. The van der Waals surface area contributed by atoms with Gasteiger partial charge in [-0.05, 0) is 65.9 Å². The predicted molar refractivity (Wildman–Crippen MR) is 140 cm³/mol. The molecule has 2 heterocycles. The van der Waals surface area contributed by atoms with Crippen molar-refractivity contribution in [2.24, 2.45) is 0 Å². The number of benzene rings is 3. The summed E-state index contributed by atoms with van der Waals surface area (Å²) in [6.45, 7) is 1.74. The second-order valence-corrected chi connectivity index (χ2v) is 9.18. The summed E-state index contributed by atoms with van der Waals surface area (Å²) in [5, 5.41) is 3.03. The molecule has 36 heavy (non-hydrogen) atoms. The number of amides is 2. The van der Waals surface area contributed by atoms with Crippen molar-refractivity contribution in [1.82, 2.24) is 4.90 Å². The highest BCUT2D eigenvalue weighted by Crippen LogP contribution is 2.40. The number of fused-ring (bicyclic) bond motifs is 1. The van der Waals surface area contributed by atoms with E-state index >= 15 is 0 Å². The van der Waals surface area contributed by atoms with Crippen molar-refractivity contribution in [3.05, 3.63) is 83.4 Å². The maximum atomic E-state index is 13.1. The average molecular weight is 486 g/mol. The zero-order valence-corrected chi connectivity index (χ0v) is 20.7. The number of rotatable bonds is 7. The predicted octanol–water partition coefficient (Wildman–Crippen LogP) is 4.42. The molecule has 1 N–H and O–H groups in total. The minimum Gasteiger partial charge on any atom is -0.493 e. The van der Waals surface area contributed by atoms with Gasteiger partial charge in [0.15, 0.2) is 11.5 Å². The van der Waals surface area contributed by atoms with Crippen LogP contribution in [-0.4, -0.2) is 50.6 Å². The van der Waals surface area contributed by atoms with Crippen molar-refractivity contribution < 1.29 is 19.1 Å². The van der Waals surface area contributed by atoms with Crippen LogP contribution in [0.2, 0.25) is 0 Å². The molecule has 3 aromatic carbocycles. The van der Waals surface area contributed by atoms with Gasteiger partial charge in [0.25, 0.3) is 0 Å². The van der Waals surface area contributed by atoms with E-state index in [1.807, 2.05) is 54.6 Å². The number of carbonyl (C=O) groups is 2. The van der Waals surface area contributed by atoms with E-state index in [0.717, 1.165) is 48.4 Å². The lowest BCUT2D eigenvalue weighted by Gasteiger charge is -2.37. The summed E-state index contributed by atoms with van der Waals surface area (Å²) in [4.78, 5) is 29.1. The Morgan fingerprint density at radius 2 is 1.67 bits per heavy atom. The molecule has 7 heteroatoms. The first-order valence-electron chi connectivity index (χ1n) is 12.3. The van der Waals surface area contributed by atoms with Gasteiger partial charge in [-0.25, -0.2) is 0 Å². The minimum atomic E-state index is -0.0796. The number of nitrogens with one attached hydrogen (secondary N) is 1. The lowest BCUT2D eigenvalue weighted by Crippen LogP contribution is -2.41. The third-order valence-corrected chi connectivity index (χ3v) is 6.97. The van der Waals surface area contributed by atoms with Crippen molar-refractivity contribution in [3.8, 4) is 11.5 Å². The van der Waals surface area contributed by atoms with Gasteiger partial charge in [-0.1, -0.05) is 30.3 Å². The largest absolute Gasteiger partial charge is 0.493 e. The summed E-state index contributed by atoms with van der Waals surface area (Å²) in [5.41, 5.74) is 5.04. The molecule has 0 radical (unpaired) electrons. The maximum Gasteiger partial charge on any atom is 0.238 e. The lowest BCUT2D eigenvalue weighted by atomic mass is 9.87. The van der Waals surface area contributed by atoms with Gasteiger partial charge in [0.1, 0.15) is 0 Å². The Balaban J connectivity index is 1.36. The quantitative estimate of drug-likeness (QED) is 0.537. The summed E-state index contributed by atoms with van der Waals surface area (Å²) in [6, 6.07) is 21.7. The first-order valence-corrected chi connectivity index (χ1v) is 12.3. The number of carbonyl (C=O) groups excluding carboxylic acids is 2.